The first kappa shape index (κ1) is 16.5. The Morgan fingerprint density at radius 3 is 1.53 bits per heavy atom. The first-order valence-electron chi connectivity index (χ1n) is 4.92. The lowest BCUT2D eigenvalue weighted by molar-refractivity contribution is -0.215. The van der Waals surface area contributed by atoms with Crippen LogP contribution in [-0.4, -0.2) is 35.6 Å². The van der Waals surface area contributed by atoms with Crippen LogP contribution in [0.2, 0.25) is 0 Å². The van der Waals surface area contributed by atoms with Gasteiger partial charge in [-0.2, -0.15) is 26.3 Å². The van der Waals surface area contributed by atoms with Crippen LogP contribution in [0.3, 0.4) is 0 Å². The molecule has 0 rings (SSSR count). The molecule has 0 saturated carbocycles. The quantitative estimate of drug-likeness (QED) is 0.750. The predicted octanol–water partition coefficient (Wildman–Crippen LogP) is 2.62. The maximum atomic E-state index is 12.1. The second-order valence-electron chi connectivity index (χ2n) is 4.34. The summed E-state index contributed by atoms with van der Waals surface area (Å²) in [5.41, 5.74) is -2.86. The van der Waals surface area contributed by atoms with E-state index >= 15 is 0 Å². The molecule has 8 heteroatoms. The molecule has 0 bridgehead atoms. The molecule has 0 atom stereocenters. The molecule has 0 saturated heterocycles. The van der Waals surface area contributed by atoms with Gasteiger partial charge in [0, 0.05) is 12.6 Å². The van der Waals surface area contributed by atoms with Crippen molar-refractivity contribution >= 4 is 0 Å². The number of hydrogen-bond donors (Lipinski definition) is 2. The van der Waals surface area contributed by atoms with Crippen molar-refractivity contribution in [2.24, 2.45) is 0 Å². The monoisotopic (exact) mass is 267 g/mol. The summed E-state index contributed by atoms with van der Waals surface area (Å²) in [6.07, 6.45) is -13.5. The van der Waals surface area contributed by atoms with E-state index in [0.717, 1.165) is 0 Å². The fraction of sp³-hybridized carbons (Fsp3) is 1.00. The van der Waals surface area contributed by atoms with Crippen molar-refractivity contribution in [2.45, 2.75) is 50.7 Å². The van der Waals surface area contributed by atoms with Gasteiger partial charge in [0.1, 0.15) is 0 Å². The Hall–Kier alpha value is -0.500. The first-order chi connectivity index (χ1) is 7.33. The molecule has 0 radical (unpaired) electrons. The van der Waals surface area contributed by atoms with Gasteiger partial charge in [0.05, 0.1) is 18.4 Å². The molecule has 0 aliphatic heterocycles. The zero-order valence-electron chi connectivity index (χ0n) is 9.41. The Morgan fingerprint density at radius 1 is 0.941 bits per heavy atom. The van der Waals surface area contributed by atoms with Crippen LogP contribution in [0.5, 0.6) is 0 Å². The van der Waals surface area contributed by atoms with Gasteiger partial charge in [0.2, 0.25) is 0 Å². The van der Waals surface area contributed by atoms with Crippen LogP contribution in [0, 0.1) is 0 Å². The standard InChI is InChI=1S/C9H15F6NO/c1-6(2)16-5-7(17,3-8(10,11)12)4-9(13,14)15/h6,16-17H,3-5H2,1-2H3. The highest BCUT2D eigenvalue weighted by Crippen LogP contribution is 2.35. The highest BCUT2D eigenvalue weighted by atomic mass is 19.4. The zero-order valence-corrected chi connectivity index (χ0v) is 9.41. The van der Waals surface area contributed by atoms with E-state index in [-0.39, 0.29) is 6.04 Å². The molecule has 0 unspecified atom stereocenters. The van der Waals surface area contributed by atoms with Gasteiger partial charge in [0.25, 0.3) is 0 Å². The minimum atomic E-state index is -4.85. The normalized spacial score (nSPS) is 14.5. The van der Waals surface area contributed by atoms with Gasteiger partial charge >= 0.3 is 12.4 Å². The number of nitrogens with one attached hydrogen (secondary N) is 1. The minimum Gasteiger partial charge on any atom is -0.388 e. The summed E-state index contributed by atoms with van der Waals surface area (Å²) >= 11 is 0. The summed E-state index contributed by atoms with van der Waals surface area (Å²) in [5.74, 6) is 0. The summed E-state index contributed by atoms with van der Waals surface area (Å²) in [7, 11) is 0. The summed E-state index contributed by atoms with van der Waals surface area (Å²) in [4.78, 5) is 0. The predicted molar refractivity (Wildman–Crippen MR) is 49.4 cm³/mol. The van der Waals surface area contributed by atoms with E-state index in [1.165, 1.54) is 0 Å². The van der Waals surface area contributed by atoms with Crippen LogP contribution < -0.4 is 5.32 Å². The van der Waals surface area contributed by atoms with Gasteiger partial charge in [-0.15, -0.1) is 0 Å². The van der Waals surface area contributed by atoms with E-state index in [9.17, 15) is 31.4 Å². The smallest absolute Gasteiger partial charge is 0.388 e. The molecule has 0 aliphatic rings. The fourth-order valence-electron chi connectivity index (χ4n) is 1.33. The van der Waals surface area contributed by atoms with E-state index in [4.69, 9.17) is 0 Å². The number of rotatable bonds is 5. The van der Waals surface area contributed by atoms with Crippen LogP contribution in [0.15, 0.2) is 0 Å². The molecule has 0 fully saturated rings. The highest BCUT2D eigenvalue weighted by Gasteiger charge is 2.47. The first-order valence-corrected chi connectivity index (χ1v) is 4.92. The van der Waals surface area contributed by atoms with Crippen molar-refractivity contribution in [3.63, 3.8) is 0 Å². The van der Waals surface area contributed by atoms with Crippen LogP contribution >= 0.6 is 0 Å². The van der Waals surface area contributed by atoms with Gasteiger partial charge in [-0.3, -0.25) is 0 Å². The lowest BCUT2D eigenvalue weighted by atomic mass is 9.94. The lowest BCUT2D eigenvalue weighted by Gasteiger charge is -2.31. The molecule has 0 aliphatic carbocycles. The number of aliphatic hydroxyl groups is 1. The number of hydrogen-bond acceptors (Lipinski definition) is 2. The van der Waals surface area contributed by atoms with Crippen molar-refractivity contribution in [3.05, 3.63) is 0 Å². The summed E-state index contributed by atoms with van der Waals surface area (Å²) in [6, 6.07) is -0.317. The molecule has 104 valence electrons. The fourth-order valence-corrected chi connectivity index (χ4v) is 1.33. The van der Waals surface area contributed by atoms with Crippen molar-refractivity contribution in [1.82, 2.24) is 5.32 Å². The summed E-state index contributed by atoms with van der Waals surface area (Å²) < 4.78 is 72.6. The summed E-state index contributed by atoms with van der Waals surface area (Å²) in [6.45, 7) is 2.35. The molecule has 0 spiro atoms. The van der Waals surface area contributed by atoms with Crippen molar-refractivity contribution < 1.29 is 31.4 Å². The molecule has 17 heavy (non-hydrogen) atoms. The lowest BCUT2D eigenvalue weighted by Crippen LogP contribution is -2.48. The molecule has 0 aromatic carbocycles. The van der Waals surface area contributed by atoms with E-state index in [1.54, 1.807) is 13.8 Å². The Kier molecular flexibility index (Phi) is 5.27. The zero-order chi connectivity index (χ0) is 13.9. The average molecular weight is 267 g/mol. The largest absolute Gasteiger partial charge is 0.391 e. The Morgan fingerprint density at radius 2 is 1.29 bits per heavy atom. The summed E-state index contributed by atoms with van der Waals surface area (Å²) in [5, 5.41) is 11.8. The van der Waals surface area contributed by atoms with Crippen molar-refractivity contribution in [3.8, 4) is 0 Å². The minimum absolute atomic E-state index is 0.317. The van der Waals surface area contributed by atoms with Gasteiger partial charge in [-0.1, -0.05) is 13.8 Å². The van der Waals surface area contributed by atoms with E-state index < -0.39 is 37.3 Å². The topological polar surface area (TPSA) is 32.3 Å². The van der Waals surface area contributed by atoms with E-state index in [2.05, 4.69) is 5.32 Å². The second-order valence-corrected chi connectivity index (χ2v) is 4.34. The van der Waals surface area contributed by atoms with Gasteiger partial charge in [-0.25, -0.2) is 0 Å². The van der Waals surface area contributed by atoms with Crippen LogP contribution in [0.4, 0.5) is 26.3 Å². The van der Waals surface area contributed by atoms with Crippen molar-refractivity contribution in [1.29, 1.82) is 0 Å². The molecule has 0 aromatic heterocycles. The highest BCUT2D eigenvalue weighted by molar-refractivity contribution is 4.87. The Balaban J connectivity index is 4.69. The molecule has 0 heterocycles. The molecule has 0 amide bonds. The Bertz CT molecular complexity index is 219. The Labute approximate surface area is 95.0 Å². The van der Waals surface area contributed by atoms with Crippen LogP contribution in [0.1, 0.15) is 26.7 Å². The third kappa shape index (κ3) is 9.22. The number of alkyl halides is 6. The van der Waals surface area contributed by atoms with Gasteiger partial charge in [-0.05, 0) is 0 Å². The number of halogens is 6. The maximum absolute atomic E-state index is 12.1. The second kappa shape index (κ2) is 5.43. The third-order valence-electron chi connectivity index (χ3n) is 1.90. The van der Waals surface area contributed by atoms with Gasteiger partial charge < -0.3 is 10.4 Å². The van der Waals surface area contributed by atoms with Crippen molar-refractivity contribution in [2.75, 3.05) is 6.54 Å². The van der Waals surface area contributed by atoms with Gasteiger partial charge in [0.15, 0.2) is 0 Å². The molecule has 2 N–H and O–H groups in total. The molecular formula is C9H15F6NO. The molecular weight excluding hydrogens is 252 g/mol. The van der Waals surface area contributed by atoms with Crippen LogP contribution in [0.25, 0.3) is 0 Å². The van der Waals surface area contributed by atoms with E-state index in [1.807, 2.05) is 0 Å². The molecule has 2 nitrogen and oxygen atoms in total. The maximum Gasteiger partial charge on any atom is 0.391 e. The SMILES string of the molecule is CC(C)NCC(O)(CC(F)(F)F)CC(F)(F)F. The third-order valence-corrected chi connectivity index (χ3v) is 1.90. The average Bonchev–Trinajstić information content (AvgIpc) is 1.93. The molecule has 0 aromatic rings. The van der Waals surface area contributed by atoms with E-state index in [0.29, 0.717) is 0 Å². The van der Waals surface area contributed by atoms with Crippen LogP contribution in [-0.2, 0) is 0 Å².